The quantitative estimate of drug-likeness (QED) is 0.487. The number of aryl methyl sites for hydroxylation is 3. The van der Waals surface area contributed by atoms with E-state index in [1.54, 1.807) is 0 Å². The van der Waals surface area contributed by atoms with Gasteiger partial charge in [-0.05, 0) is 50.5 Å². The van der Waals surface area contributed by atoms with Gasteiger partial charge in [-0.2, -0.15) is 0 Å². The Morgan fingerprint density at radius 3 is 2.26 bits per heavy atom. The Morgan fingerprint density at radius 2 is 1.52 bits per heavy atom. The smallest absolute Gasteiger partial charge is 0.142 e. The maximum absolute atomic E-state index is 6.20. The molecule has 2 heteroatoms. The lowest BCUT2D eigenvalue weighted by molar-refractivity contribution is 0.303. The first-order valence-corrected chi connectivity index (χ1v) is 8.68. The number of benzene rings is 2. The first-order chi connectivity index (χ1) is 11.1. The van der Waals surface area contributed by atoms with Gasteiger partial charge in [0.2, 0.25) is 0 Å². The zero-order valence-electron chi connectivity index (χ0n) is 14.7. The van der Waals surface area contributed by atoms with E-state index < -0.39 is 0 Å². The predicted octanol–water partition coefficient (Wildman–Crippen LogP) is 6.47. The predicted molar refractivity (Wildman–Crippen MR) is 97.6 cm³/mol. The molecule has 2 aromatic carbocycles. The molecule has 0 aliphatic carbocycles. The molecule has 0 fully saturated rings. The minimum absolute atomic E-state index is 0.782. The Morgan fingerprint density at radius 1 is 0.826 bits per heavy atom. The first kappa shape index (κ1) is 15.9. The largest absolute Gasteiger partial charge is 0.493 e. The Bertz CT molecular complexity index is 827. The number of unbranched alkanes of at least 4 members (excludes halogenated alkanes) is 3. The molecule has 0 spiro atoms. The van der Waals surface area contributed by atoms with Crippen LogP contribution in [0.2, 0.25) is 0 Å². The van der Waals surface area contributed by atoms with Gasteiger partial charge < -0.3 is 9.15 Å². The van der Waals surface area contributed by atoms with Crippen LogP contribution in [0.5, 0.6) is 5.75 Å². The number of hydrogen-bond acceptors (Lipinski definition) is 2. The lowest BCUT2D eigenvalue weighted by atomic mass is 10.0. The highest BCUT2D eigenvalue weighted by molar-refractivity contribution is 6.07. The maximum atomic E-state index is 6.20. The molecule has 1 heterocycles. The fourth-order valence-electron chi connectivity index (χ4n) is 3.12. The molecule has 0 aliphatic heterocycles. The molecule has 0 saturated heterocycles. The van der Waals surface area contributed by atoms with Crippen LogP contribution in [0, 0.1) is 20.8 Å². The number of hydrogen-bond donors (Lipinski definition) is 0. The first-order valence-electron chi connectivity index (χ1n) is 8.68. The van der Waals surface area contributed by atoms with Crippen LogP contribution in [-0.4, -0.2) is 6.61 Å². The average Bonchev–Trinajstić information content (AvgIpc) is 2.93. The molecule has 0 saturated carbocycles. The van der Waals surface area contributed by atoms with Gasteiger partial charge in [-0.1, -0.05) is 38.3 Å². The normalized spacial score (nSPS) is 11.5. The van der Waals surface area contributed by atoms with Crippen molar-refractivity contribution in [2.45, 2.75) is 53.4 Å². The van der Waals surface area contributed by atoms with Crippen LogP contribution in [0.15, 0.2) is 28.7 Å². The highest BCUT2D eigenvalue weighted by Crippen LogP contribution is 2.36. The summed E-state index contributed by atoms with van der Waals surface area (Å²) < 4.78 is 12.2. The molecule has 122 valence electrons. The molecule has 0 radical (unpaired) electrons. The topological polar surface area (TPSA) is 22.4 Å². The van der Waals surface area contributed by atoms with Crippen molar-refractivity contribution < 1.29 is 9.15 Å². The van der Waals surface area contributed by atoms with E-state index in [0.717, 1.165) is 35.5 Å². The van der Waals surface area contributed by atoms with E-state index in [0.29, 0.717) is 0 Å². The number of furan rings is 1. The van der Waals surface area contributed by atoms with E-state index in [1.807, 2.05) is 0 Å². The van der Waals surface area contributed by atoms with E-state index in [-0.39, 0.29) is 0 Å². The minimum atomic E-state index is 0.782. The van der Waals surface area contributed by atoms with Crippen LogP contribution in [-0.2, 0) is 0 Å². The van der Waals surface area contributed by atoms with Gasteiger partial charge in [0.25, 0.3) is 0 Å². The molecule has 0 atom stereocenters. The van der Waals surface area contributed by atoms with Gasteiger partial charge in [0, 0.05) is 16.3 Å². The monoisotopic (exact) mass is 310 g/mol. The maximum Gasteiger partial charge on any atom is 0.142 e. The highest BCUT2D eigenvalue weighted by Gasteiger charge is 2.14. The van der Waals surface area contributed by atoms with Crippen LogP contribution in [0.25, 0.3) is 21.9 Å². The molecule has 3 aromatic rings. The summed E-state index contributed by atoms with van der Waals surface area (Å²) in [6, 6.07) is 8.54. The molecule has 0 amide bonds. The Balaban J connectivity index is 1.93. The molecule has 1 aromatic heterocycles. The molecule has 3 rings (SSSR count). The second kappa shape index (κ2) is 6.66. The average molecular weight is 310 g/mol. The molecular weight excluding hydrogens is 284 g/mol. The van der Waals surface area contributed by atoms with E-state index in [9.17, 15) is 0 Å². The van der Waals surface area contributed by atoms with Gasteiger partial charge in [-0.15, -0.1) is 0 Å². The molecule has 2 nitrogen and oxygen atoms in total. The van der Waals surface area contributed by atoms with Crippen molar-refractivity contribution in [3.05, 3.63) is 41.0 Å². The van der Waals surface area contributed by atoms with Gasteiger partial charge in [0.15, 0.2) is 0 Å². The summed E-state index contributed by atoms with van der Waals surface area (Å²) in [5, 5.41) is 2.37. The summed E-state index contributed by atoms with van der Waals surface area (Å²) in [5.41, 5.74) is 5.55. The van der Waals surface area contributed by atoms with Crippen molar-refractivity contribution in [1.29, 1.82) is 0 Å². The summed E-state index contributed by atoms with van der Waals surface area (Å²) in [4.78, 5) is 0. The molecule has 0 unspecified atom stereocenters. The van der Waals surface area contributed by atoms with Crippen molar-refractivity contribution in [3.63, 3.8) is 0 Å². The van der Waals surface area contributed by atoms with Gasteiger partial charge in [0.1, 0.15) is 16.9 Å². The van der Waals surface area contributed by atoms with Gasteiger partial charge in [-0.25, -0.2) is 0 Å². The van der Waals surface area contributed by atoms with Crippen molar-refractivity contribution in [1.82, 2.24) is 0 Å². The molecule has 23 heavy (non-hydrogen) atoms. The number of ether oxygens (including phenoxy) is 1. The third-order valence-corrected chi connectivity index (χ3v) is 4.78. The Hall–Kier alpha value is -1.96. The Kier molecular flexibility index (Phi) is 4.61. The van der Waals surface area contributed by atoms with E-state index in [2.05, 4.69) is 52.0 Å². The van der Waals surface area contributed by atoms with Crippen molar-refractivity contribution >= 4 is 21.9 Å². The standard InChI is InChI=1S/C21H26O2/c1-5-6-7-8-13-22-19-12-11-18-17-10-9-14(2)15(3)20(17)23-21(18)16(19)4/h9-12H,5-8,13H2,1-4H3. The van der Waals surface area contributed by atoms with Crippen molar-refractivity contribution in [2.75, 3.05) is 6.61 Å². The third kappa shape index (κ3) is 2.95. The fourth-order valence-corrected chi connectivity index (χ4v) is 3.12. The van der Waals surface area contributed by atoms with E-state index in [4.69, 9.17) is 9.15 Å². The number of fused-ring (bicyclic) bond motifs is 3. The van der Waals surface area contributed by atoms with Crippen LogP contribution in [0.4, 0.5) is 0 Å². The lowest BCUT2D eigenvalue weighted by Gasteiger charge is -2.09. The van der Waals surface area contributed by atoms with E-state index in [1.165, 1.54) is 41.2 Å². The van der Waals surface area contributed by atoms with Crippen LogP contribution in [0.1, 0.15) is 49.3 Å². The minimum Gasteiger partial charge on any atom is -0.493 e. The summed E-state index contributed by atoms with van der Waals surface area (Å²) in [5.74, 6) is 0.947. The summed E-state index contributed by atoms with van der Waals surface area (Å²) in [6.45, 7) is 9.35. The lowest BCUT2D eigenvalue weighted by Crippen LogP contribution is -1.98. The SMILES string of the molecule is CCCCCCOc1ccc2c(oc3c(C)c(C)ccc32)c1C. The van der Waals surface area contributed by atoms with Crippen LogP contribution >= 0.6 is 0 Å². The molecule has 0 aliphatic rings. The van der Waals surface area contributed by atoms with Crippen molar-refractivity contribution in [2.24, 2.45) is 0 Å². The van der Waals surface area contributed by atoms with Gasteiger partial charge in [0.05, 0.1) is 6.61 Å². The summed E-state index contributed by atoms with van der Waals surface area (Å²) >= 11 is 0. The number of rotatable bonds is 6. The molecule has 0 bridgehead atoms. The zero-order valence-corrected chi connectivity index (χ0v) is 14.7. The highest BCUT2D eigenvalue weighted by atomic mass is 16.5. The second-order valence-corrected chi connectivity index (χ2v) is 6.46. The molecular formula is C21H26O2. The molecule has 0 N–H and O–H groups in total. The van der Waals surface area contributed by atoms with Crippen LogP contribution in [0.3, 0.4) is 0 Å². The second-order valence-electron chi connectivity index (χ2n) is 6.46. The van der Waals surface area contributed by atoms with Gasteiger partial charge in [-0.3, -0.25) is 0 Å². The van der Waals surface area contributed by atoms with Crippen LogP contribution < -0.4 is 4.74 Å². The zero-order chi connectivity index (χ0) is 16.4. The third-order valence-electron chi connectivity index (χ3n) is 4.78. The van der Waals surface area contributed by atoms with Crippen molar-refractivity contribution in [3.8, 4) is 5.75 Å². The fraction of sp³-hybridized carbons (Fsp3) is 0.429. The summed E-state index contributed by atoms with van der Waals surface area (Å²) in [7, 11) is 0. The summed E-state index contributed by atoms with van der Waals surface area (Å²) in [6.07, 6.45) is 4.89. The Labute approximate surface area is 138 Å². The van der Waals surface area contributed by atoms with E-state index >= 15 is 0 Å². The van der Waals surface area contributed by atoms with Gasteiger partial charge >= 0.3 is 0 Å².